The molecular formula is C20H24FN3O2. The van der Waals surface area contributed by atoms with Gasteiger partial charge in [0.1, 0.15) is 5.82 Å². The van der Waals surface area contributed by atoms with E-state index in [1.165, 1.54) is 16.8 Å². The Morgan fingerprint density at radius 3 is 2.58 bits per heavy atom. The zero-order valence-corrected chi connectivity index (χ0v) is 14.9. The van der Waals surface area contributed by atoms with Crippen molar-refractivity contribution >= 4 is 0 Å². The minimum absolute atomic E-state index is 0.178. The number of nitrogens with zero attached hydrogens (tertiary/aromatic N) is 3. The van der Waals surface area contributed by atoms with Crippen molar-refractivity contribution < 1.29 is 9.50 Å². The van der Waals surface area contributed by atoms with Crippen LogP contribution >= 0.6 is 0 Å². The molecule has 4 rings (SSSR count). The molecule has 3 heterocycles. The Bertz CT molecular complexity index is 852. The average Bonchev–Trinajstić information content (AvgIpc) is 2.84. The molecule has 2 atom stereocenters. The van der Waals surface area contributed by atoms with Crippen molar-refractivity contribution in [1.82, 2.24) is 14.7 Å². The first-order valence-corrected chi connectivity index (χ1v) is 9.20. The van der Waals surface area contributed by atoms with Crippen LogP contribution in [-0.4, -0.2) is 37.5 Å². The lowest BCUT2D eigenvalue weighted by molar-refractivity contribution is -0.0679. The molecule has 1 N–H and O–H groups in total. The molecular weight excluding hydrogens is 333 g/mol. The Balaban J connectivity index is 1.51. The Hall–Kier alpha value is -2.05. The van der Waals surface area contributed by atoms with Gasteiger partial charge in [0.25, 0.3) is 5.56 Å². The zero-order valence-electron chi connectivity index (χ0n) is 14.9. The van der Waals surface area contributed by atoms with E-state index in [-0.39, 0.29) is 30.0 Å². The van der Waals surface area contributed by atoms with Crippen LogP contribution in [0.5, 0.6) is 0 Å². The fourth-order valence-electron chi connectivity index (χ4n) is 4.57. The molecule has 1 aromatic heterocycles. The zero-order chi connectivity index (χ0) is 18.3. The van der Waals surface area contributed by atoms with Crippen molar-refractivity contribution in [3.05, 3.63) is 63.8 Å². The predicted octanol–water partition coefficient (Wildman–Crippen LogP) is 2.25. The van der Waals surface area contributed by atoms with Gasteiger partial charge in [0.2, 0.25) is 0 Å². The molecule has 2 fully saturated rings. The van der Waals surface area contributed by atoms with Crippen molar-refractivity contribution in [3.63, 3.8) is 0 Å². The average molecular weight is 357 g/mol. The lowest BCUT2D eigenvalue weighted by atomic mass is 9.85. The molecule has 0 aliphatic carbocycles. The highest BCUT2D eigenvalue weighted by molar-refractivity contribution is 5.18. The van der Waals surface area contributed by atoms with Gasteiger partial charge in [-0.25, -0.2) is 9.07 Å². The minimum Gasteiger partial charge on any atom is -0.388 e. The maximum atomic E-state index is 14.0. The molecule has 0 unspecified atom stereocenters. The highest BCUT2D eigenvalue weighted by Gasteiger charge is 2.47. The normalized spacial score (nSPS) is 28.4. The number of piperidine rings is 1. The summed E-state index contributed by atoms with van der Waals surface area (Å²) >= 11 is 0. The van der Waals surface area contributed by atoms with Crippen LogP contribution in [0.1, 0.15) is 36.9 Å². The van der Waals surface area contributed by atoms with Gasteiger partial charge in [0, 0.05) is 30.3 Å². The number of hydrogen-bond acceptors (Lipinski definition) is 4. The molecule has 6 heteroatoms. The Morgan fingerprint density at radius 1 is 1.19 bits per heavy atom. The largest absolute Gasteiger partial charge is 0.388 e. The first-order valence-electron chi connectivity index (χ1n) is 9.20. The van der Waals surface area contributed by atoms with Crippen LogP contribution in [0, 0.1) is 12.7 Å². The van der Waals surface area contributed by atoms with Gasteiger partial charge in [-0.2, -0.15) is 5.10 Å². The summed E-state index contributed by atoms with van der Waals surface area (Å²) in [5.41, 5.74) is 0.326. The monoisotopic (exact) mass is 357 g/mol. The summed E-state index contributed by atoms with van der Waals surface area (Å²) in [5.74, 6) is -0.178. The molecule has 2 aromatic rings. The number of halogens is 1. The number of rotatable bonds is 4. The van der Waals surface area contributed by atoms with Gasteiger partial charge in [0.05, 0.1) is 17.8 Å². The van der Waals surface area contributed by atoms with E-state index in [1.807, 2.05) is 19.1 Å². The Labute approximate surface area is 152 Å². The molecule has 138 valence electrons. The van der Waals surface area contributed by atoms with Crippen LogP contribution in [0.15, 0.2) is 41.2 Å². The first-order chi connectivity index (χ1) is 12.4. The second-order valence-electron chi connectivity index (χ2n) is 7.75. The number of fused-ring (bicyclic) bond motifs is 2. The fourth-order valence-corrected chi connectivity index (χ4v) is 4.57. The van der Waals surface area contributed by atoms with Crippen LogP contribution in [0.3, 0.4) is 0 Å². The van der Waals surface area contributed by atoms with E-state index < -0.39 is 5.60 Å². The summed E-state index contributed by atoms with van der Waals surface area (Å²) in [5, 5.41) is 15.4. The van der Waals surface area contributed by atoms with Gasteiger partial charge in [-0.1, -0.05) is 18.2 Å². The minimum atomic E-state index is -0.942. The molecule has 2 aliphatic heterocycles. The third kappa shape index (κ3) is 3.31. The molecule has 0 spiro atoms. The molecule has 0 amide bonds. The van der Waals surface area contributed by atoms with Crippen molar-refractivity contribution in [2.75, 3.05) is 0 Å². The van der Waals surface area contributed by atoms with Crippen LogP contribution in [0.4, 0.5) is 4.39 Å². The van der Waals surface area contributed by atoms with E-state index in [9.17, 15) is 14.3 Å². The van der Waals surface area contributed by atoms with Crippen LogP contribution < -0.4 is 5.56 Å². The van der Waals surface area contributed by atoms with E-state index >= 15 is 0 Å². The van der Waals surface area contributed by atoms with E-state index in [0.717, 1.165) is 18.5 Å². The molecule has 26 heavy (non-hydrogen) atoms. The fraction of sp³-hybridized carbons (Fsp3) is 0.500. The topological polar surface area (TPSA) is 58.4 Å². The lowest BCUT2D eigenvalue weighted by Crippen LogP contribution is -2.53. The molecule has 0 radical (unpaired) electrons. The molecule has 2 saturated heterocycles. The Morgan fingerprint density at radius 2 is 1.88 bits per heavy atom. The van der Waals surface area contributed by atoms with Gasteiger partial charge in [-0.15, -0.1) is 0 Å². The van der Waals surface area contributed by atoms with E-state index in [2.05, 4.69) is 10.00 Å². The molecule has 0 saturated carbocycles. The second-order valence-corrected chi connectivity index (χ2v) is 7.75. The smallest absolute Gasteiger partial charge is 0.266 e. The summed E-state index contributed by atoms with van der Waals surface area (Å²) in [6.45, 7) is 2.62. The number of hydrogen-bond donors (Lipinski definition) is 1. The molecule has 2 bridgehead atoms. The summed E-state index contributed by atoms with van der Waals surface area (Å²) in [6.07, 6.45) is 3.16. The predicted molar refractivity (Wildman–Crippen MR) is 96.2 cm³/mol. The molecule has 1 aromatic carbocycles. The van der Waals surface area contributed by atoms with E-state index in [1.54, 1.807) is 12.1 Å². The maximum Gasteiger partial charge on any atom is 0.266 e. The quantitative estimate of drug-likeness (QED) is 0.912. The van der Waals surface area contributed by atoms with Gasteiger partial charge in [0.15, 0.2) is 0 Å². The highest BCUT2D eigenvalue weighted by atomic mass is 19.1. The van der Waals surface area contributed by atoms with Crippen LogP contribution in [0.25, 0.3) is 0 Å². The van der Waals surface area contributed by atoms with Crippen molar-refractivity contribution in [2.24, 2.45) is 0 Å². The Kier molecular flexibility index (Phi) is 4.40. The van der Waals surface area contributed by atoms with Crippen molar-refractivity contribution in [3.8, 4) is 0 Å². The third-order valence-corrected chi connectivity index (χ3v) is 5.76. The summed E-state index contributed by atoms with van der Waals surface area (Å²) < 4.78 is 15.4. The van der Waals surface area contributed by atoms with Crippen molar-refractivity contribution in [1.29, 1.82) is 0 Å². The summed E-state index contributed by atoms with van der Waals surface area (Å²) in [7, 11) is 0. The second kappa shape index (κ2) is 6.59. The SMILES string of the molecule is Cc1ccc(=O)n(CC2(O)C[C@H]3CC[C@H](C2)N3Cc2ccccc2F)n1. The number of aromatic nitrogens is 2. The number of aliphatic hydroxyl groups is 1. The van der Waals surface area contributed by atoms with Gasteiger partial charge >= 0.3 is 0 Å². The van der Waals surface area contributed by atoms with Crippen molar-refractivity contribution in [2.45, 2.75) is 63.4 Å². The van der Waals surface area contributed by atoms with Crippen LogP contribution in [0.2, 0.25) is 0 Å². The highest BCUT2D eigenvalue weighted by Crippen LogP contribution is 2.42. The van der Waals surface area contributed by atoms with E-state index in [4.69, 9.17) is 0 Å². The van der Waals surface area contributed by atoms with E-state index in [0.29, 0.717) is 24.9 Å². The first kappa shape index (κ1) is 17.4. The summed E-state index contributed by atoms with van der Waals surface area (Å²) in [6, 6.07) is 10.5. The van der Waals surface area contributed by atoms with Gasteiger partial charge < -0.3 is 5.11 Å². The summed E-state index contributed by atoms with van der Waals surface area (Å²) in [4.78, 5) is 14.4. The van der Waals surface area contributed by atoms with Crippen LogP contribution in [-0.2, 0) is 13.1 Å². The molecule has 5 nitrogen and oxygen atoms in total. The van der Waals surface area contributed by atoms with Gasteiger partial charge in [-0.3, -0.25) is 9.69 Å². The maximum absolute atomic E-state index is 14.0. The number of benzene rings is 1. The standard InChI is InChI=1S/C20H24FN3O2/c1-14-6-9-19(25)24(22-14)13-20(26)10-16-7-8-17(11-20)23(16)12-15-4-2-3-5-18(15)21/h2-6,9,16-17,26H,7-8,10-13H2,1H3/t16-,17-/m1/s1. The number of aryl methyl sites for hydroxylation is 1. The molecule has 2 aliphatic rings. The van der Waals surface area contributed by atoms with Gasteiger partial charge in [-0.05, 0) is 44.7 Å². The third-order valence-electron chi connectivity index (χ3n) is 5.76. The lowest BCUT2D eigenvalue weighted by Gasteiger charge is -2.43.